The van der Waals surface area contributed by atoms with E-state index >= 15 is 0 Å². The van der Waals surface area contributed by atoms with E-state index in [-0.39, 0.29) is 12.0 Å². The Hall–Kier alpha value is -7.88. The zero-order chi connectivity index (χ0) is 42.7. The summed E-state index contributed by atoms with van der Waals surface area (Å²) in [5.41, 5.74) is 17.3. The van der Waals surface area contributed by atoms with Crippen molar-refractivity contribution >= 4 is 17.1 Å². The van der Waals surface area contributed by atoms with Crippen LogP contribution >= 0.6 is 0 Å². The third-order valence-electron chi connectivity index (χ3n) is 15.1. The number of allylic oxidation sites excluding steroid dienone is 6. The van der Waals surface area contributed by atoms with Gasteiger partial charge in [-0.2, -0.15) is 0 Å². The first kappa shape index (κ1) is 36.6. The number of fused-ring (bicyclic) bond motifs is 18. The Morgan fingerprint density at radius 2 is 0.954 bits per heavy atom. The van der Waals surface area contributed by atoms with E-state index in [1.54, 1.807) is 0 Å². The van der Waals surface area contributed by atoms with Gasteiger partial charge in [0.1, 0.15) is 23.4 Å². The van der Waals surface area contributed by atoms with Crippen LogP contribution in [0.25, 0.3) is 22.3 Å². The smallest absolute Gasteiger partial charge is 0.132 e. The van der Waals surface area contributed by atoms with Crippen molar-refractivity contribution in [2.24, 2.45) is 5.92 Å². The second-order valence-electron chi connectivity index (χ2n) is 18.2. The zero-order valence-corrected chi connectivity index (χ0v) is 35.6. The van der Waals surface area contributed by atoms with Crippen molar-refractivity contribution < 1.29 is 9.47 Å². The van der Waals surface area contributed by atoms with E-state index in [1.807, 2.05) is 0 Å². The summed E-state index contributed by atoms with van der Waals surface area (Å²) in [5, 5.41) is 0. The summed E-state index contributed by atoms with van der Waals surface area (Å²) in [6.45, 7) is 0. The Bertz CT molecular complexity index is 3360. The Kier molecular flexibility index (Phi) is 7.77. The van der Waals surface area contributed by atoms with Crippen LogP contribution in [0.5, 0.6) is 17.2 Å². The van der Waals surface area contributed by atoms with Gasteiger partial charge in [-0.15, -0.1) is 0 Å². The molecule has 0 fully saturated rings. The van der Waals surface area contributed by atoms with Crippen molar-refractivity contribution in [1.82, 2.24) is 0 Å². The maximum absolute atomic E-state index is 6.84. The van der Waals surface area contributed by atoms with Crippen molar-refractivity contribution in [3.8, 4) is 39.5 Å². The lowest BCUT2D eigenvalue weighted by Gasteiger charge is -2.47. The summed E-state index contributed by atoms with van der Waals surface area (Å²) < 4.78 is 13.6. The highest BCUT2D eigenvalue weighted by Crippen LogP contribution is 2.64. The first-order valence-electron chi connectivity index (χ1n) is 22.9. The molecule has 3 heteroatoms. The molecule has 8 aromatic carbocycles. The lowest BCUT2D eigenvalue weighted by Crippen LogP contribution is -2.47. The Labute approximate surface area is 379 Å². The summed E-state index contributed by atoms with van der Waals surface area (Å²) >= 11 is 0. The highest BCUT2D eigenvalue weighted by atomic mass is 16.5. The Morgan fingerprint density at radius 1 is 0.415 bits per heavy atom. The number of para-hydroxylation sites is 3. The standard InChI is InChI=1S/C62H43NO2/c1-2-16-40(17-3-1)41-30-32-42(33-31-41)63(43-34-36-47-45-18-4-6-20-49(45)61(55(47)38-43)51-22-8-12-26-57(51)64-58-27-13-9-23-52(58)61)44-35-37-48-46-19-5-7-21-50(46)62(56(48)39-44)53-24-10-14-28-59(53)65-60-29-15-11-25-54(60)62/h1-16,18-40,51,57H,17H2. The van der Waals surface area contributed by atoms with Crippen LogP contribution in [0.1, 0.15) is 56.8 Å². The van der Waals surface area contributed by atoms with E-state index in [0.29, 0.717) is 5.92 Å². The van der Waals surface area contributed by atoms with E-state index < -0.39 is 10.8 Å². The average molecular weight is 834 g/mol. The molecule has 0 radical (unpaired) electrons. The topological polar surface area (TPSA) is 21.7 Å². The van der Waals surface area contributed by atoms with Crippen molar-refractivity contribution in [2.75, 3.05) is 4.90 Å². The number of hydrogen-bond donors (Lipinski definition) is 0. The first-order chi connectivity index (χ1) is 32.2. The molecule has 4 atom stereocenters. The lowest BCUT2D eigenvalue weighted by molar-refractivity contribution is 0.141. The number of hydrogen-bond acceptors (Lipinski definition) is 3. The molecule has 3 nitrogen and oxygen atoms in total. The van der Waals surface area contributed by atoms with Gasteiger partial charge in [0.05, 0.1) is 10.8 Å². The molecule has 308 valence electrons. The van der Waals surface area contributed by atoms with Gasteiger partial charge >= 0.3 is 0 Å². The molecule has 0 saturated carbocycles. The van der Waals surface area contributed by atoms with Gasteiger partial charge in [0.15, 0.2) is 0 Å². The summed E-state index contributed by atoms with van der Waals surface area (Å²) in [7, 11) is 0. The molecule has 14 rings (SSSR count). The summed E-state index contributed by atoms with van der Waals surface area (Å²) in [5.74, 6) is 3.14. The first-order valence-corrected chi connectivity index (χ1v) is 22.9. The van der Waals surface area contributed by atoms with Gasteiger partial charge in [-0.1, -0.05) is 170 Å². The minimum Gasteiger partial charge on any atom is -0.485 e. The van der Waals surface area contributed by atoms with E-state index in [0.717, 1.165) is 51.9 Å². The van der Waals surface area contributed by atoms with Crippen LogP contribution in [0.4, 0.5) is 17.1 Å². The van der Waals surface area contributed by atoms with Gasteiger partial charge in [0, 0.05) is 45.6 Å². The quantitative estimate of drug-likeness (QED) is 0.176. The third-order valence-corrected chi connectivity index (χ3v) is 15.1. The molecule has 2 heterocycles. The van der Waals surface area contributed by atoms with Crippen LogP contribution < -0.4 is 14.4 Å². The lowest BCUT2D eigenvalue weighted by atomic mass is 9.60. The van der Waals surface area contributed by atoms with E-state index in [1.165, 1.54) is 55.6 Å². The molecular weight excluding hydrogens is 791 g/mol. The minimum atomic E-state index is -0.588. The molecule has 4 unspecified atom stereocenters. The second kappa shape index (κ2) is 13.8. The SMILES string of the molecule is C1=CCC(c2ccc(N(c3ccc4c(c3)C3(c5ccccc5Oc5ccccc53)c3ccccc3-4)c3ccc4c(c3)C3(c5ccccc5OC5C=CC=CC53)c3ccccc3-4)cc2)C=C1. The van der Waals surface area contributed by atoms with E-state index in [9.17, 15) is 0 Å². The molecule has 2 spiro atoms. The second-order valence-corrected chi connectivity index (χ2v) is 18.2. The number of rotatable bonds is 4. The largest absolute Gasteiger partial charge is 0.485 e. The van der Waals surface area contributed by atoms with Crippen LogP contribution in [-0.4, -0.2) is 6.10 Å². The molecule has 0 aromatic heterocycles. The minimum absolute atomic E-state index is 0.0531. The molecule has 2 aliphatic heterocycles. The van der Waals surface area contributed by atoms with Crippen molar-refractivity contribution in [2.45, 2.75) is 29.3 Å². The summed E-state index contributed by atoms with van der Waals surface area (Å²) in [6, 6.07) is 67.7. The highest BCUT2D eigenvalue weighted by molar-refractivity contribution is 5.93. The number of ether oxygens (including phenoxy) is 2. The number of nitrogens with zero attached hydrogens (tertiary/aromatic N) is 1. The van der Waals surface area contributed by atoms with Crippen LogP contribution in [0.3, 0.4) is 0 Å². The molecular formula is C62H43NO2. The fraction of sp³-hybridized carbons (Fsp3) is 0.0968. The monoisotopic (exact) mass is 833 g/mol. The summed E-state index contributed by atoms with van der Waals surface area (Å²) in [6.07, 6.45) is 18.8. The van der Waals surface area contributed by atoms with Crippen LogP contribution in [-0.2, 0) is 10.8 Å². The predicted octanol–water partition coefficient (Wildman–Crippen LogP) is 15.0. The highest BCUT2D eigenvalue weighted by Gasteiger charge is 2.56. The van der Waals surface area contributed by atoms with Gasteiger partial charge < -0.3 is 14.4 Å². The average Bonchev–Trinajstić information content (AvgIpc) is 3.82. The fourth-order valence-electron chi connectivity index (χ4n) is 12.5. The molecule has 6 aliphatic rings. The normalized spacial score (nSPS) is 21.2. The van der Waals surface area contributed by atoms with Gasteiger partial charge in [0.2, 0.25) is 0 Å². The fourth-order valence-corrected chi connectivity index (χ4v) is 12.5. The Balaban J connectivity index is 1.03. The molecule has 0 N–H and O–H groups in total. The Morgan fingerprint density at radius 3 is 1.66 bits per heavy atom. The van der Waals surface area contributed by atoms with Crippen molar-refractivity contribution in [1.29, 1.82) is 0 Å². The maximum Gasteiger partial charge on any atom is 0.132 e. The van der Waals surface area contributed by atoms with E-state index in [2.05, 4.69) is 235 Å². The maximum atomic E-state index is 6.84. The molecule has 0 saturated heterocycles. The van der Waals surface area contributed by atoms with Gasteiger partial charge in [0.25, 0.3) is 0 Å². The van der Waals surface area contributed by atoms with E-state index in [4.69, 9.17) is 9.47 Å². The van der Waals surface area contributed by atoms with Crippen molar-refractivity contribution in [3.63, 3.8) is 0 Å². The number of anilines is 3. The van der Waals surface area contributed by atoms with Gasteiger partial charge in [-0.05, 0) is 117 Å². The number of benzene rings is 8. The molecule has 4 aliphatic carbocycles. The van der Waals surface area contributed by atoms with Gasteiger partial charge in [-0.25, -0.2) is 0 Å². The third kappa shape index (κ3) is 4.96. The van der Waals surface area contributed by atoms with Crippen molar-refractivity contribution in [3.05, 3.63) is 275 Å². The molecule has 8 aromatic rings. The zero-order valence-electron chi connectivity index (χ0n) is 35.6. The van der Waals surface area contributed by atoms with Gasteiger partial charge in [-0.3, -0.25) is 0 Å². The van der Waals surface area contributed by atoms with Crippen LogP contribution in [0, 0.1) is 5.92 Å². The molecule has 0 bridgehead atoms. The molecule has 0 amide bonds. The molecule has 65 heavy (non-hydrogen) atoms. The summed E-state index contributed by atoms with van der Waals surface area (Å²) in [4.78, 5) is 2.49. The van der Waals surface area contributed by atoms with Crippen LogP contribution in [0.15, 0.2) is 231 Å². The predicted molar refractivity (Wildman–Crippen MR) is 262 cm³/mol. The van der Waals surface area contributed by atoms with Crippen LogP contribution in [0.2, 0.25) is 0 Å².